The minimum Gasteiger partial charge on any atom is -0.493 e. The van der Waals surface area contributed by atoms with Gasteiger partial charge in [0.25, 0.3) is 0 Å². The van der Waals surface area contributed by atoms with E-state index in [0.717, 1.165) is 37.6 Å². The van der Waals surface area contributed by atoms with Crippen molar-refractivity contribution in [3.63, 3.8) is 0 Å². The van der Waals surface area contributed by atoms with E-state index in [1.54, 1.807) is 12.1 Å². The number of anilines is 1. The van der Waals surface area contributed by atoms with E-state index in [-0.39, 0.29) is 5.91 Å². The van der Waals surface area contributed by atoms with Crippen LogP contribution in [0.4, 0.5) is 5.69 Å². The Morgan fingerprint density at radius 3 is 2.57 bits per heavy atom. The zero-order chi connectivity index (χ0) is 15.1. The molecule has 1 saturated heterocycles. The molecule has 1 heterocycles. The van der Waals surface area contributed by atoms with E-state index in [2.05, 4.69) is 6.92 Å². The third kappa shape index (κ3) is 4.96. The number of amides is 1. The second-order valence-electron chi connectivity index (χ2n) is 5.78. The topological polar surface area (TPSA) is 55.6 Å². The molecule has 1 aromatic carbocycles. The fraction of sp³-hybridized carbons (Fsp3) is 0.588. The van der Waals surface area contributed by atoms with Crippen LogP contribution < -0.4 is 10.5 Å². The Labute approximate surface area is 127 Å². The van der Waals surface area contributed by atoms with Gasteiger partial charge in [-0.1, -0.05) is 19.8 Å². The number of ether oxygens (including phenoxy) is 1. The molecule has 4 nitrogen and oxygen atoms in total. The summed E-state index contributed by atoms with van der Waals surface area (Å²) in [5.74, 6) is 1.78. The van der Waals surface area contributed by atoms with Gasteiger partial charge in [0, 0.05) is 18.8 Å². The summed E-state index contributed by atoms with van der Waals surface area (Å²) in [6.07, 6.45) is 5.29. The van der Waals surface area contributed by atoms with Crippen LogP contribution in [0.5, 0.6) is 5.75 Å². The van der Waals surface area contributed by atoms with E-state index in [4.69, 9.17) is 10.5 Å². The van der Waals surface area contributed by atoms with E-state index >= 15 is 0 Å². The number of nitrogen functional groups attached to an aromatic ring is 1. The quantitative estimate of drug-likeness (QED) is 0.819. The van der Waals surface area contributed by atoms with Crippen LogP contribution in [0.25, 0.3) is 0 Å². The molecule has 0 bridgehead atoms. The fourth-order valence-electron chi connectivity index (χ4n) is 2.86. The van der Waals surface area contributed by atoms with Crippen molar-refractivity contribution in [3.05, 3.63) is 24.3 Å². The first-order valence-electron chi connectivity index (χ1n) is 7.95. The maximum atomic E-state index is 12.1. The molecule has 4 heteroatoms. The van der Waals surface area contributed by atoms with E-state index in [1.165, 1.54) is 12.8 Å². The van der Waals surface area contributed by atoms with Crippen LogP contribution in [0.3, 0.4) is 0 Å². The van der Waals surface area contributed by atoms with Crippen LogP contribution in [-0.2, 0) is 4.79 Å². The maximum absolute atomic E-state index is 12.1. The number of piperidine rings is 1. The average Bonchev–Trinajstić information content (AvgIpc) is 2.50. The van der Waals surface area contributed by atoms with Gasteiger partial charge in [0.15, 0.2) is 0 Å². The molecule has 0 aromatic heterocycles. The van der Waals surface area contributed by atoms with Crippen molar-refractivity contribution >= 4 is 11.6 Å². The van der Waals surface area contributed by atoms with E-state index in [0.29, 0.717) is 18.7 Å². The second-order valence-corrected chi connectivity index (χ2v) is 5.78. The number of carbonyl (C=O) groups is 1. The first-order chi connectivity index (χ1) is 10.2. The summed E-state index contributed by atoms with van der Waals surface area (Å²) < 4.78 is 5.58. The molecule has 1 aliphatic rings. The normalized spacial score (nSPS) is 16.0. The van der Waals surface area contributed by atoms with Gasteiger partial charge in [-0.2, -0.15) is 0 Å². The molecule has 0 unspecified atom stereocenters. The van der Waals surface area contributed by atoms with Gasteiger partial charge < -0.3 is 15.4 Å². The number of hydrogen-bond acceptors (Lipinski definition) is 3. The first-order valence-corrected chi connectivity index (χ1v) is 7.95. The molecule has 2 N–H and O–H groups in total. The summed E-state index contributed by atoms with van der Waals surface area (Å²) in [7, 11) is 0. The van der Waals surface area contributed by atoms with Crippen LogP contribution in [0.15, 0.2) is 24.3 Å². The molecule has 1 fully saturated rings. The van der Waals surface area contributed by atoms with Crippen LogP contribution in [0.2, 0.25) is 0 Å². The molecule has 1 aromatic rings. The summed E-state index contributed by atoms with van der Waals surface area (Å²) in [4.78, 5) is 14.1. The Bertz CT molecular complexity index is 437. The van der Waals surface area contributed by atoms with Gasteiger partial charge in [-0.15, -0.1) is 0 Å². The van der Waals surface area contributed by atoms with Crippen molar-refractivity contribution in [3.8, 4) is 5.75 Å². The molecule has 0 spiro atoms. The van der Waals surface area contributed by atoms with E-state index in [1.807, 2.05) is 17.0 Å². The van der Waals surface area contributed by atoms with Crippen LogP contribution in [-0.4, -0.2) is 30.5 Å². The van der Waals surface area contributed by atoms with Crippen molar-refractivity contribution in [2.24, 2.45) is 5.92 Å². The standard InChI is InChI=1S/C17H26N2O2/c1-2-3-14-8-11-19(12-9-14)17(20)10-13-21-16-6-4-15(18)5-7-16/h4-7,14H,2-3,8-13,18H2,1H3. The first kappa shape index (κ1) is 15.7. The summed E-state index contributed by atoms with van der Waals surface area (Å²) in [5.41, 5.74) is 6.33. The predicted molar refractivity (Wildman–Crippen MR) is 85.2 cm³/mol. The zero-order valence-electron chi connectivity index (χ0n) is 12.9. The van der Waals surface area contributed by atoms with Gasteiger partial charge in [-0.05, 0) is 43.0 Å². The lowest BCUT2D eigenvalue weighted by atomic mass is 9.92. The molecular weight excluding hydrogens is 264 g/mol. The molecule has 2 rings (SSSR count). The average molecular weight is 290 g/mol. The Hall–Kier alpha value is -1.71. The summed E-state index contributed by atoms with van der Waals surface area (Å²) >= 11 is 0. The lowest BCUT2D eigenvalue weighted by molar-refractivity contribution is -0.133. The van der Waals surface area contributed by atoms with Crippen molar-refractivity contribution in [2.75, 3.05) is 25.4 Å². The molecule has 0 atom stereocenters. The number of hydrogen-bond donors (Lipinski definition) is 1. The fourth-order valence-corrected chi connectivity index (χ4v) is 2.86. The number of nitrogens with zero attached hydrogens (tertiary/aromatic N) is 1. The Morgan fingerprint density at radius 1 is 1.29 bits per heavy atom. The summed E-state index contributed by atoms with van der Waals surface area (Å²) in [6, 6.07) is 7.26. The van der Waals surface area contributed by atoms with E-state index < -0.39 is 0 Å². The van der Waals surface area contributed by atoms with E-state index in [9.17, 15) is 4.79 Å². The van der Waals surface area contributed by atoms with Crippen LogP contribution in [0, 0.1) is 5.92 Å². The third-order valence-corrected chi connectivity index (χ3v) is 4.13. The highest BCUT2D eigenvalue weighted by Gasteiger charge is 2.21. The predicted octanol–water partition coefficient (Wildman–Crippen LogP) is 3.08. The zero-order valence-corrected chi connectivity index (χ0v) is 12.9. The third-order valence-electron chi connectivity index (χ3n) is 4.13. The molecule has 1 amide bonds. The summed E-state index contributed by atoms with van der Waals surface area (Å²) in [6.45, 7) is 4.47. The number of likely N-dealkylation sites (tertiary alicyclic amines) is 1. The van der Waals surface area contributed by atoms with Gasteiger partial charge in [0.05, 0.1) is 13.0 Å². The van der Waals surface area contributed by atoms with Gasteiger partial charge in [-0.3, -0.25) is 4.79 Å². The smallest absolute Gasteiger partial charge is 0.225 e. The van der Waals surface area contributed by atoms with Crippen molar-refractivity contribution < 1.29 is 9.53 Å². The highest BCUT2D eigenvalue weighted by molar-refractivity contribution is 5.76. The Morgan fingerprint density at radius 2 is 1.95 bits per heavy atom. The highest BCUT2D eigenvalue weighted by atomic mass is 16.5. The Kier molecular flexibility index (Phi) is 5.90. The lowest BCUT2D eigenvalue weighted by Gasteiger charge is -2.32. The minimum absolute atomic E-state index is 0.209. The van der Waals surface area contributed by atoms with Crippen molar-refractivity contribution in [1.29, 1.82) is 0 Å². The number of rotatable bonds is 6. The highest BCUT2D eigenvalue weighted by Crippen LogP contribution is 2.22. The lowest BCUT2D eigenvalue weighted by Crippen LogP contribution is -2.39. The number of benzene rings is 1. The largest absolute Gasteiger partial charge is 0.493 e. The number of nitrogens with two attached hydrogens (primary N) is 1. The molecule has 116 valence electrons. The molecular formula is C17H26N2O2. The van der Waals surface area contributed by atoms with Gasteiger partial charge in [0.2, 0.25) is 5.91 Å². The number of carbonyl (C=O) groups excluding carboxylic acids is 1. The molecule has 21 heavy (non-hydrogen) atoms. The monoisotopic (exact) mass is 290 g/mol. The molecule has 0 aliphatic carbocycles. The van der Waals surface area contributed by atoms with Gasteiger partial charge in [0.1, 0.15) is 5.75 Å². The van der Waals surface area contributed by atoms with Gasteiger partial charge >= 0.3 is 0 Å². The van der Waals surface area contributed by atoms with Crippen molar-refractivity contribution in [2.45, 2.75) is 39.0 Å². The van der Waals surface area contributed by atoms with Crippen molar-refractivity contribution in [1.82, 2.24) is 4.90 Å². The van der Waals surface area contributed by atoms with Crippen LogP contribution >= 0.6 is 0 Å². The Balaban J connectivity index is 1.67. The summed E-state index contributed by atoms with van der Waals surface area (Å²) in [5, 5.41) is 0. The SMILES string of the molecule is CCCC1CCN(C(=O)CCOc2ccc(N)cc2)CC1. The molecule has 1 aliphatic heterocycles. The van der Waals surface area contributed by atoms with Gasteiger partial charge in [-0.25, -0.2) is 0 Å². The molecule has 0 saturated carbocycles. The maximum Gasteiger partial charge on any atom is 0.225 e. The molecule has 0 radical (unpaired) electrons. The minimum atomic E-state index is 0.209. The second kappa shape index (κ2) is 7.91. The van der Waals surface area contributed by atoms with Crippen LogP contribution in [0.1, 0.15) is 39.0 Å².